The van der Waals surface area contributed by atoms with Crippen LogP contribution in [-0.2, 0) is 47.8 Å². The number of urea groups is 1. The highest BCUT2D eigenvalue weighted by Gasteiger charge is 2.52. The lowest BCUT2D eigenvalue weighted by atomic mass is 9.79. The number of aliphatic hydroxyl groups excluding tert-OH is 18. The first-order valence-corrected chi connectivity index (χ1v) is 41.8. The maximum absolute atomic E-state index is 12.3. The fraction of sp³-hybridized carbons (Fsp3) is 0.886. The minimum absolute atomic E-state index is 0.0447. The molecule has 33 N–H and O–H groups in total. The van der Waals surface area contributed by atoms with Crippen LogP contribution in [0.25, 0.3) is 0 Å². The third-order valence-corrected chi connectivity index (χ3v) is 22.8. The number of amides is 10. The molecule has 0 saturated carbocycles. The maximum atomic E-state index is 12.3. The fourth-order valence-corrected chi connectivity index (χ4v) is 17.6. The van der Waals surface area contributed by atoms with Crippen LogP contribution in [0.5, 0.6) is 0 Å². The van der Waals surface area contributed by atoms with Gasteiger partial charge >= 0.3 is 53.3 Å². The van der Waals surface area contributed by atoms with E-state index in [1.807, 2.05) is 111 Å². The monoisotopic (exact) mass is 1810 g/mol. The van der Waals surface area contributed by atoms with Crippen LogP contribution in [0.1, 0.15) is 203 Å². The molecule has 0 aromatic rings. The van der Waals surface area contributed by atoms with E-state index in [2.05, 4.69) is 96.8 Å². The predicted molar refractivity (Wildman–Crippen MR) is 445 cm³/mol. The minimum Gasteiger partial charge on any atom is -0.394 e. The molecule has 0 bridgehead atoms. The largest absolute Gasteiger partial charge is 0.394 e. The first kappa shape index (κ1) is 113. The van der Waals surface area contributed by atoms with Crippen molar-refractivity contribution in [2.24, 2.45) is 0 Å². The number of nitrogens with one attached hydrogen (secondary N) is 13. The van der Waals surface area contributed by atoms with E-state index in [1.54, 1.807) is 6.92 Å². The molecule has 17 atom stereocenters. The molecule has 7 fully saturated rings. The molecule has 7 heterocycles. The molecule has 7 aliphatic heterocycles. The van der Waals surface area contributed by atoms with Gasteiger partial charge in [-0.1, -0.05) is 0 Å². The average molecular weight is 1810 g/mol. The number of carbonyl (C=O) groups excluding carboxylic acids is 9. The lowest BCUT2D eigenvalue weighted by Crippen LogP contribution is -2.66. The fourth-order valence-electron chi connectivity index (χ4n) is 17.6. The van der Waals surface area contributed by atoms with Crippen molar-refractivity contribution >= 4 is 53.3 Å². The summed E-state index contributed by atoms with van der Waals surface area (Å²) in [6.07, 6.45) is -16.4. The Kier molecular flexibility index (Phi) is 41.3. The van der Waals surface area contributed by atoms with Crippen LogP contribution in [-0.4, -0.2) is 408 Å². The van der Waals surface area contributed by atoms with Crippen molar-refractivity contribution in [1.82, 2.24) is 79.2 Å². The Balaban J connectivity index is 0.000000405. The van der Waals surface area contributed by atoms with Gasteiger partial charge in [-0.25, -0.2) is 4.79 Å². The number of aliphatic hydroxyl groups is 18. The summed E-state index contributed by atoms with van der Waals surface area (Å²) >= 11 is 0. The zero-order valence-electron chi connectivity index (χ0n) is 76.0. The Morgan fingerprint density at radius 3 is 0.968 bits per heavy atom. The highest BCUT2D eigenvalue weighted by molar-refractivity contribution is 6.36. The Bertz CT molecular complexity index is 3450. The number of nitrogens with zero attached hydrogens (tertiary/aromatic N) is 2. The number of hydrogen-bond donors (Lipinski definition) is 33. The van der Waals surface area contributed by atoms with E-state index in [0.29, 0.717) is 44.9 Å². The molecule has 0 aromatic heterocycles. The number of hydrogen-bond acceptors (Lipinski definition) is 36. The lowest BCUT2D eigenvalue weighted by molar-refractivity contribution is -0.253. The second-order valence-electron chi connectivity index (χ2n) is 40.4. The van der Waals surface area contributed by atoms with E-state index in [9.17, 15) is 125 Å². The van der Waals surface area contributed by atoms with Crippen LogP contribution in [0, 0.1) is 0 Å². The first-order chi connectivity index (χ1) is 56.9. The molecule has 13 unspecified atom stereocenters. The van der Waals surface area contributed by atoms with Gasteiger partial charge in [0.05, 0.1) is 57.4 Å². The van der Waals surface area contributed by atoms with Gasteiger partial charge in [-0.2, -0.15) is 10.1 Å². The molecule has 0 aliphatic carbocycles. The van der Waals surface area contributed by atoms with Crippen molar-refractivity contribution < 1.29 is 155 Å². The molecule has 0 radical (unpaired) electrons. The van der Waals surface area contributed by atoms with E-state index in [4.69, 9.17) is 29.9 Å². The molecule has 0 aromatic carbocycles. The van der Waals surface area contributed by atoms with Gasteiger partial charge in [0.15, 0.2) is 12.6 Å². The number of hydroxylamine groups is 4. The van der Waals surface area contributed by atoms with Crippen LogP contribution < -0.4 is 69.1 Å². The smallest absolute Gasteiger partial charge is 0.315 e. The van der Waals surface area contributed by atoms with Gasteiger partial charge in [0.25, 0.3) is 0 Å². The van der Waals surface area contributed by atoms with Crippen molar-refractivity contribution in [3.05, 3.63) is 0 Å². The van der Waals surface area contributed by atoms with Crippen molar-refractivity contribution in [3.8, 4) is 0 Å². The van der Waals surface area contributed by atoms with Crippen LogP contribution in [0.2, 0.25) is 0 Å². The van der Waals surface area contributed by atoms with Crippen LogP contribution in [0.15, 0.2) is 0 Å². The summed E-state index contributed by atoms with van der Waals surface area (Å²) in [5.41, 5.74) is -4.49. The Morgan fingerprint density at radius 1 is 0.368 bits per heavy atom. The second-order valence-corrected chi connectivity index (χ2v) is 40.4. The van der Waals surface area contributed by atoms with E-state index in [1.165, 1.54) is 10.1 Å². The Hall–Kier alpha value is -6.05. The topological polar surface area (TPSA) is 740 Å². The minimum atomic E-state index is -1.83. The summed E-state index contributed by atoms with van der Waals surface area (Å²) in [5.74, 6) is -7.67. The zero-order chi connectivity index (χ0) is 96.6. The van der Waals surface area contributed by atoms with Gasteiger partial charge in [0, 0.05) is 98.7 Å². The summed E-state index contributed by atoms with van der Waals surface area (Å²) in [5, 5.41) is 229. The van der Waals surface area contributed by atoms with Gasteiger partial charge in [0.2, 0.25) is 0 Å². The molecule has 125 heavy (non-hydrogen) atoms. The van der Waals surface area contributed by atoms with E-state index in [0.717, 1.165) is 12.8 Å². The average Bonchev–Trinajstić information content (AvgIpc) is 1.78. The van der Waals surface area contributed by atoms with Crippen molar-refractivity contribution in [3.63, 3.8) is 0 Å². The second kappa shape index (κ2) is 45.7. The predicted octanol–water partition coefficient (Wildman–Crippen LogP) is -9.99. The molecular weight excluding hydrogens is 1650 g/mol. The van der Waals surface area contributed by atoms with E-state index >= 15 is 0 Å². The third kappa shape index (κ3) is 34.0. The third-order valence-electron chi connectivity index (χ3n) is 22.8. The number of ether oxygens (including phenoxy) is 2. The highest BCUT2D eigenvalue weighted by atomic mass is 16.6. The van der Waals surface area contributed by atoms with Crippen molar-refractivity contribution in [2.75, 3.05) is 52.7 Å². The first-order valence-electron chi connectivity index (χ1n) is 41.8. The summed E-state index contributed by atoms with van der Waals surface area (Å²) in [6.45, 7) is 36.4. The van der Waals surface area contributed by atoms with E-state index in [-0.39, 0.29) is 83.7 Å². The van der Waals surface area contributed by atoms with Gasteiger partial charge in [-0.15, -0.1) is 0 Å². The zero-order valence-corrected chi connectivity index (χ0v) is 76.0. The summed E-state index contributed by atoms with van der Waals surface area (Å²) in [6, 6.07) is -4.27. The molecular formula is C79H151N15O31. The van der Waals surface area contributed by atoms with Crippen LogP contribution in [0.4, 0.5) is 4.79 Å². The number of rotatable bonds is 22. The number of carbonyl (C=O) groups is 9. The van der Waals surface area contributed by atoms with Crippen molar-refractivity contribution in [2.45, 2.75) is 392 Å². The molecule has 7 saturated heterocycles. The Morgan fingerprint density at radius 2 is 0.656 bits per heavy atom. The summed E-state index contributed by atoms with van der Waals surface area (Å²) in [7, 11) is 0. The van der Waals surface area contributed by atoms with Crippen molar-refractivity contribution in [1.29, 1.82) is 0 Å². The molecule has 728 valence electrons. The van der Waals surface area contributed by atoms with Gasteiger partial charge < -0.3 is 181 Å². The Labute approximate surface area is 729 Å². The molecule has 46 heteroatoms. The quantitative estimate of drug-likeness (QED) is 0.0448. The summed E-state index contributed by atoms with van der Waals surface area (Å²) < 4.78 is 9.90. The van der Waals surface area contributed by atoms with Crippen LogP contribution >= 0.6 is 0 Å². The van der Waals surface area contributed by atoms with Crippen LogP contribution in [0.3, 0.4) is 0 Å². The summed E-state index contributed by atoms with van der Waals surface area (Å²) in [4.78, 5) is 109. The highest BCUT2D eigenvalue weighted by Crippen LogP contribution is 2.39. The molecule has 10 amide bonds. The lowest BCUT2D eigenvalue weighted by Gasteiger charge is -2.51. The normalized spacial score (nSPS) is 29.3. The SMILES string of the molecule is CC1(C)CC(NC(=O)C(=O)NC2C(O)OC(CO)C(O)C2O)C(C)(C)N1.CC1(C)CC(NC(=O)C(=O)NCC(O)C(O)C(O)C(O)CO)CC(C)(C)N1O.CC1(C)CC(NC(=O)C(=O)NCC(O)C(O)CO)CC(C)(C)N1O.CC1(C)CC(NC(=O)C(=O)N[C@H]2C(O)O[C@H](CO)[C@@H](O)[C@@H]2O)CC(C)(C)N1.CC1(C)CC(NC(=O)NC(C)(CO)CO)CC(C)(C)N1. The molecule has 7 aliphatic rings. The maximum Gasteiger partial charge on any atom is 0.315 e. The molecule has 7 rings (SSSR count). The molecule has 0 spiro atoms. The number of piperidine rings is 4. The van der Waals surface area contributed by atoms with E-state index < -0.39 is 211 Å². The van der Waals surface area contributed by atoms with Gasteiger partial charge in [-0.3, -0.25) is 38.4 Å². The standard InChI is InChI=1S/C17H33N3O8.C17H31N3O7.C16H29N3O7.C15H29N3O6.C14H29N3O3/c1-16(2)5-9(6-17(3,4)20(16)28)19-15(27)14(26)18-7-10(22)12(24)13(25)11(23)8-21;1-16(2)5-8(6-17(3,4)20-16)18-13(24)14(25)19-10-12(23)11(22)9(7-21)27-15(10)26;1-15(2)5-8(16(3,4)19-15)17-12(23)13(24)18-9-11(22)10(21)7(6-20)26-14(9)25;1-14(2)5-9(6-15(3,4)18(14)24)17-13(23)12(22)16-7-10(20)11(21)8-19;1-12(2)6-10(7-13(3,4)17-12)15-11(20)16-14(5,8-18)9-19/h9-13,21-25,28H,5-8H2,1-4H3,(H,18,26)(H,19,27);8-12,15,20-23,26H,5-7H2,1-4H3,(H,18,24)(H,19,25);7-11,14,19-22,25H,5-6H2,1-4H3,(H,17,23)(H,18,24);9-11,19-21,24H,5-8H2,1-4H3,(H,16,22)(H,17,23);10,17-19H,6-9H2,1-5H3,(H2,15,16,20)/t;9-,10-,11-,12-,15?;;;/m.1.../s1. The van der Waals surface area contributed by atoms with Gasteiger partial charge in [-0.05, 0) is 203 Å². The molecule has 46 nitrogen and oxygen atoms in total. The van der Waals surface area contributed by atoms with Gasteiger partial charge in [0.1, 0.15) is 73.1 Å².